The van der Waals surface area contributed by atoms with Gasteiger partial charge in [-0.3, -0.25) is 0 Å². The number of thiophene rings is 1. The van der Waals surface area contributed by atoms with Gasteiger partial charge in [0, 0.05) is 0 Å². The molecule has 17 heavy (non-hydrogen) atoms. The average molecular weight is 255 g/mol. The molecule has 0 unspecified atom stereocenters. The number of nitrogens with zero attached hydrogens (tertiary/aromatic N) is 2. The molecule has 1 rings (SSSR count). The number of hydrogen-bond donors (Lipinski definition) is 1. The summed E-state index contributed by atoms with van der Waals surface area (Å²) in [5, 5.41) is 8.73. The van der Waals surface area contributed by atoms with E-state index in [0.29, 0.717) is 17.8 Å². The smallest absolute Gasteiger partial charge is 0.349 e. The first-order valence-electron chi connectivity index (χ1n) is 5.30. The van der Waals surface area contributed by atoms with Crippen LogP contribution in [0.3, 0.4) is 0 Å². The summed E-state index contributed by atoms with van der Waals surface area (Å²) in [6, 6.07) is 1.90. The van der Waals surface area contributed by atoms with Crippen molar-refractivity contribution in [3.8, 4) is 0 Å². The van der Waals surface area contributed by atoms with Gasteiger partial charge < -0.3 is 10.6 Å². The molecule has 0 atom stereocenters. The Morgan fingerprint density at radius 2 is 2.24 bits per heavy atom. The zero-order valence-electron chi connectivity index (χ0n) is 10.3. The van der Waals surface area contributed by atoms with E-state index in [0.717, 1.165) is 5.56 Å². The second kappa shape index (κ2) is 5.77. The van der Waals surface area contributed by atoms with Crippen molar-refractivity contribution in [3.05, 3.63) is 21.9 Å². The van der Waals surface area contributed by atoms with Crippen LogP contribution in [0.2, 0.25) is 0 Å². The Labute approximate surface area is 105 Å². The quantitative estimate of drug-likeness (QED) is 0.389. The van der Waals surface area contributed by atoms with Crippen molar-refractivity contribution in [2.24, 2.45) is 16.2 Å². The SMILES string of the molecule is CC(C)(C)OC(=O)c1sccc1CCN=NN. The lowest BCUT2D eigenvalue weighted by Gasteiger charge is -2.19. The number of carbonyl (C=O) groups excluding carboxylic acids is 1. The van der Waals surface area contributed by atoms with E-state index in [4.69, 9.17) is 10.6 Å². The zero-order chi connectivity index (χ0) is 12.9. The summed E-state index contributed by atoms with van der Waals surface area (Å²) in [7, 11) is 0. The van der Waals surface area contributed by atoms with Gasteiger partial charge in [-0.1, -0.05) is 5.22 Å². The van der Waals surface area contributed by atoms with Gasteiger partial charge in [0.25, 0.3) is 0 Å². The van der Waals surface area contributed by atoms with E-state index in [-0.39, 0.29) is 5.97 Å². The summed E-state index contributed by atoms with van der Waals surface area (Å²) in [5.74, 6) is 4.63. The molecule has 0 fully saturated rings. The molecule has 2 N–H and O–H groups in total. The van der Waals surface area contributed by atoms with Gasteiger partial charge in [-0.05, 0) is 44.2 Å². The predicted molar refractivity (Wildman–Crippen MR) is 67.1 cm³/mol. The summed E-state index contributed by atoms with van der Waals surface area (Å²) < 4.78 is 5.32. The minimum atomic E-state index is -0.477. The molecule has 0 aliphatic rings. The van der Waals surface area contributed by atoms with Crippen LogP contribution >= 0.6 is 11.3 Å². The predicted octanol–water partition coefficient (Wildman–Crippen LogP) is 2.57. The maximum absolute atomic E-state index is 11.9. The van der Waals surface area contributed by atoms with Crippen LogP contribution in [0.15, 0.2) is 21.8 Å². The fourth-order valence-electron chi connectivity index (χ4n) is 1.26. The standard InChI is InChI=1S/C11H17N3O2S/c1-11(2,3)16-10(15)9-8(5-7-17-9)4-6-13-14-12/h5,7H,4,6H2,1-3H3,(H2,12,13). The highest BCUT2D eigenvalue weighted by Crippen LogP contribution is 2.21. The Hall–Kier alpha value is -1.43. The van der Waals surface area contributed by atoms with Gasteiger partial charge in [0.2, 0.25) is 0 Å². The highest BCUT2D eigenvalue weighted by Gasteiger charge is 2.21. The minimum Gasteiger partial charge on any atom is -0.456 e. The second-order valence-corrected chi connectivity index (χ2v) is 5.42. The topological polar surface area (TPSA) is 77.0 Å². The molecule has 0 spiro atoms. The zero-order valence-corrected chi connectivity index (χ0v) is 11.1. The molecule has 0 bridgehead atoms. The third-order valence-electron chi connectivity index (χ3n) is 1.89. The van der Waals surface area contributed by atoms with Gasteiger partial charge in [0.1, 0.15) is 10.5 Å². The van der Waals surface area contributed by atoms with E-state index < -0.39 is 5.60 Å². The Kier molecular flexibility index (Phi) is 4.62. The first kappa shape index (κ1) is 13.6. The van der Waals surface area contributed by atoms with Gasteiger partial charge in [-0.15, -0.1) is 11.3 Å². The lowest BCUT2D eigenvalue weighted by Crippen LogP contribution is -2.23. The van der Waals surface area contributed by atoms with Crippen LogP contribution in [0.5, 0.6) is 0 Å². The van der Waals surface area contributed by atoms with Crippen molar-refractivity contribution in [1.29, 1.82) is 0 Å². The number of carbonyl (C=O) groups is 1. The van der Waals surface area contributed by atoms with E-state index >= 15 is 0 Å². The average Bonchev–Trinajstić information content (AvgIpc) is 2.64. The summed E-state index contributed by atoms with van der Waals surface area (Å²) in [6.45, 7) is 6.02. The van der Waals surface area contributed by atoms with E-state index in [1.807, 2.05) is 32.2 Å². The molecule has 0 aliphatic heterocycles. The van der Waals surface area contributed by atoms with Crippen molar-refractivity contribution in [2.45, 2.75) is 32.8 Å². The molecule has 0 amide bonds. The first-order chi connectivity index (χ1) is 7.94. The maximum atomic E-state index is 11.9. The Balaban J connectivity index is 2.71. The van der Waals surface area contributed by atoms with E-state index in [9.17, 15) is 4.79 Å². The molecule has 5 nitrogen and oxygen atoms in total. The largest absolute Gasteiger partial charge is 0.456 e. The summed E-state index contributed by atoms with van der Waals surface area (Å²) in [4.78, 5) is 12.5. The van der Waals surface area contributed by atoms with Crippen LogP contribution in [0.4, 0.5) is 0 Å². The molecule has 1 aromatic rings. The molecule has 0 aromatic carbocycles. The van der Waals surface area contributed by atoms with Gasteiger partial charge in [-0.25, -0.2) is 4.79 Å². The molecule has 94 valence electrons. The summed E-state index contributed by atoms with van der Waals surface area (Å²) >= 11 is 1.38. The fourth-order valence-corrected chi connectivity index (χ4v) is 2.09. The number of ether oxygens (including phenoxy) is 1. The lowest BCUT2D eigenvalue weighted by molar-refractivity contribution is 0.00742. The molecule has 1 heterocycles. The third kappa shape index (κ3) is 4.52. The Morgan fingerprint density at radius 3 is 2.82 bits per heavy atom. The highest BCUT2D eigenvalue weighted by molar-refractivity contribution is 7.12. The monoisotopic (exact) mass is 255 g/mol. The molecule has 0 radical (unpaired) electrons. The normalized spacial score (nSPS) is 11.9. The maximum Gasteiger partial charge on any atom is 0.349 e. The van der Waals surface area contributed by atoms with E-state index in [1.54, 1.807) is 0 Å². The molecule has 0 aliphatic carbocycles. The molecule has 1 aromatic heterocycles. The third-order valence-corrected chi connectivity index (χ3v) is 2.83. The van der Waals surface area contributed by atoms with Crippen LogP contribution in [-0.2, 0) is 11.2 Å². The van der Waals surface area contributed by atoms with Crippen molar-refractivity contribution in [3.63, 3.8) is 0 Å². The van der Waals surface area contributed by atoms with Crippen molar-refractivity contribution in [1.82, 2.24) is 0 Å². The van der Waals surface area contributed by atoms with Crippen molar-refractivity contribution in [2.75, 3.05) is 6.54 Å². The summed E-state index contributed by atoms with van der Waals surface area (Å²) in [6.07, 6.45) is 0.638. The number of esters is 1. The highest BCUT2D eigenvalue weighted by atomic mass is 32.1. The summed E-state index contributed by atoms with van der Waals surface area (Å²) in [5.41, 5.74) is 0.451. The van der Waals surface area contributed by atoms with E-state index in [2.05, 4.69) is 10.3 Å². The molecule has 6 heteroatoms. The number of rotatable bonds is 4. The van der Waals surface area contributed by atoms with Gasteiger partial charge in [0.05, 0.1) is 6.54 Å². The molecular formula is C11H17N3O2S. The van der Waals surface area contributed by atoms with Gasteiger partial charge >= 0.3 is 5.97 Å². The van der Waals surface area contributed by atoms with Crippen molar-refractivity contribution >= 4 is 17.3 Å². The Morgan fingerprint density at radius 1 is 1.53 bits per heavy atom. The van der Waals surface area contributed by atoms with Crippen LogP contribution in [-0.4, -0.2) is 18.1 Å². The molecular weight excluding hydrogens is 238 g/mol. The Bertz CT molecular complexity index is 407. The number of nitrogens with two attached hydrogens (primary N) is 1. The van der Waals surface area contributed by atoms with Crippen LogP contribution in [0.25, 0.3) is 0 Å². The van der Waals surface area contributed by atoms with E-state index in [1.165, 1.54) is 11.3 Å². The van der Waals surface area contributed by atoms with Gasteiger partial charge in [0.15, 0.2) is 0 Å². The van der Waals surface area contributed by atoms with Gasteiger partial charge in [-0.2, -0.15) is 5.11 Å². The van der Waals surface area contributed by atoms with Crippen LogP contribution < -0.4 is 5.84 Å². The second-order valence-electron chi connectivity index (χ2n) is 4.51. The van der Waals surface area contributed by atoms with Crippen LogP contribution in [0.1, 0.15) is 36.0 Å². The minimum absolute atomic E-state index is 0.285. The first-order valence-corrected chi connectivity index (χ1v) is 6.18. The molecule has 0 saturated carbocycles. The number of hydrogen-bond acceptors (Lipinski definition) is 5. The van der Waals surface area contributed by atoms with Crippen LogP contribution in [0, 0.1) is 0 Å². The fraction of sp³-hybridized carbons (Fsp3) is 0.545. The molecule has 0 saturated heterocycles. The van der Waals surface area contributed by atoms with Crippen molar-refractivity contribution < 1.29 is 9.53 Å². The lowest BCUT2D eigenvalue weighted by atomic mass is 10.1.